The number of amides is 2. The average molecular weight is 329 g/mol. The lowest BCUT2D eigenvalue weighted by Crippen LogP contribution is -2.37. The summed E-state index contributed by atoms with van der Waals surface area (Å²) in [6, 6.07) is 10.3. The molecule has 130 valence electrons. The monoisotopic (exact) mass is 329 g/mol. The van der Waals surface area contributed by atoms with Gasteiger partial charge < -0.3 is 15.2 Å². The molecule has 0 fully saturated rings. The van der Waals surface area contributed by atoms with Crippen molar-refractivity contribution in [3.8, 4) is 0 Å². The number of nitrogens with zero attached hydrogens (tertiary/aromatic N) is 1. The van der Waals surface area contributed by atoms with Crippen molar-refractivity contribution >= 4 is 6.03 Å². The van der Waals surface area contributed by atoms with Crippen LogP contribution >= 0.6 is 0 Å². The van der Waals surface area contributed by atoms with Crippen LogP contribution in [0.15, 0.2) is 34.9 Å². The fourth-order valence-electron chi connectivity index (χ4n) is 2.39. The molecule has 0 unspecified atom stereocenters. The van der Waals surface area contributed by atoms with Crippen LogP contribution in [0.25, 0.3) is 0 Å². The predicted molar refractivity (Wildman–Crippen MR) is 95.2 cm³/mol. The molecule has 0 saturated heterocycles. The first-order chi connectivity index (χ1) is 11.3. The zero-order chi connectivity index (χ0) is 17.6. The normalized spacial score (nSPS) is 11.3. The van der Waals surface area contributed by atoms with Gasteiger partial charge >= 0.3 is 6.03 Å². The van der Waals surface area contributed by atoms with Crippen molar-refractivity contribution in [2.75, 3.05) is 13.1 Å². The van der Waals surface area contributed by atoms with Gasteiger partial charge in [0.2, 0.25) is 0 Å². The summed E-state index contributed by atoms with van der Waals surface area (Å²) in [6.07, 6.45) is 1.49. The topological polar surface area (TPSA) is 67.2 Å². The Kier molecular flexibility index (Phi) is 6.01. The summed E-state index contributed by atoms with van der Waals surface area (Å²) in [5.74, 6) is 0.784. The van der Waals surface area contributed by atoms with E-state index in [1.807, 2.05) is 13.0 Å². The maximum absolute atomic E-state index is 11.7. The average Bonchev–Trinajstić information content (AvgIpc) is 2.92. The van der Waals surface area contributed by atoms with Gasteiger partial charge in [-0.25, -0.2) is 4.79 Å². The van der Waals surface area contributed by atoms with Gasteiger partial charge in [-0.1, -0.05) is 50.2 Å². The largest absolute Gasteiger partial charge is 0.361 e. The second-order valence-electron chi connectivity index (χ2n) is 7.06. The molecule has 1 heterocycles. The van der Waals surface area contributed by atoms with E-state index in [1.165, 1.54) is 11.1 Å². The quantitative estimate of drug-likeness (QED) is 0.854. The van der Waals surface area contributed by atoms with Gasteiger partial charge in [0, 0.05) is 25.6 Å². The lowest BCUT2D eigenvalue weighted by atomic mass is 9.86. The second kappa shape index (κ2) is 7.99. The number of rotatable bonds is 6. The van der Waals surface area contributed by atoms with Crippen LogP contribution in [0.3, 0.4) is 0 Å². The van der Waals surface area contributed by atoms with Crippen LogP contribution < -0.4 is 10.6 Å². The molecule has 24 heavy (non-hydrogen) atoms. The number of aromatic nitrogens is 1. The fraction of sp³-hybridized carbons (Fsp3) is 0.474. The lowest BCUT2D eigenvalue weighted by Gasteiger charge is -2.19. The highest BCUT2D eigenvalue weighted by atomic mass is 16.5. The number of aryl methyl sites for hydroxylation is 1. The number of carbonyl (C=O) groups is 1. The predicted octanol–water partition coefficient (Wildman–Crippen LogP) is 3.36. The van der Waals surface area contributed by atoms with Crippen LogP contribution in [0.2, 0.25) is 0 Å². The Morgan fingerprint density at radius 2 is 1.71 bits per heavy atom. The first-order valence-electron chi connectivity index (χ1n) is 8.38. The van der Waals surface area contributed by atoms with Gasteiger partial charge in [0.15, 0.2) is 0 Å². The third kappa shape index (κ3) is 5.72. The summed E-state index contributed by atoms with van der Waals surface area (Å²) in [7, 11) is 0. The molecule has 0 aliphatic carbocycles. The van der Waals surface area contributed by atoms with Crippen molar-refractivity contribution in [1.29, 1.82) is 0 Å². The molecule has 2 amide bonds. The molecule has 0 aliphatic heterocycles. The Balaban J connectivity index is 1.65. The first-order valence-corrected chi connectivity index (χ1v) is 8.38. The third-order valence-corrected chi connectivity index (χ3v) is 3.86. The fourth-order valence-corrected chi connectivity index (χ4v) is 2.39. The molecule has 2 N–H and O–H groups in total. The molecule has 2 rings (SSSR count). The summed E-state index contributed by atoms with van der Waals surface area (Å²) in [5.41, 5.74) is 3.56. The molecule has 0 spiro atoms. The van der Waals surface area contributed by atoms with E-state index >= 15 is 0 Å². The van der Waals surface area contributed by atoms with Crippen molar-refractivity contribution in [2.24, 2.45) is 0 Å². The minimum Gasteiger partial charge on any atom is -0.361 e. The maximum Gasteiger partial charge on any atom is 0.314 e. The van der Waals surface area contributed by atoms with Crippen molar-refractivity contribution in [3.05, 3.63) is 52.9 Å². The van der Waals surface area contributed by atoms with Crippen LogP contribution in [0.4, 0.5) is 4.79 Å². The van der Waals surface area contributed by atoms with Crippen molar-refractivity contribution in [2.45, 2.75) is 46.0 Å². The van der Waals surface area contributed by atoms with Crippen LogP contribution in [0.1, 0.15) is 43.4 Å². The molecule has 0 atom stereocenters. The molecule has 5 heteroatoms. The van der Waals surface area contributed by atoms with Gasteiger partial charge in [0.25, 0.3) is 0 Å². The highest BCUT2D eigenvalue weighted by molar-refractivity contribution is 5.73. The molecule has 5 nitrogen and oxygen atoms in total. The summed E-state index contributed by atoms with van der Waals surface area (Å²) in [4.78, 5) is 11.7. The van der Waals surface area contributed by atoms with Gasteiger partial charge in [-0.05, 0) is 29.9 Å². The number of urea groups is 1. The Morgan fingerprint density at radius 1 is 1.08 bits per heavy atom. The Labute approximate surface area is 143 Å². The second-order valence-corrected chi connectivity index (χ2v) is 7.06. The summed E-state index contributed by atoms with van der Waals surface area (Å²) in [6.45, 7) is 9.61. The number of carbonyl (C=O) groups excluding carboxylic acids is 1. The SMILES string of the molecule is Cc1cc(CCNC(=O)NCCc2ccc(C(C)(C)C)cc2)no1. The van der Waals surface area contributed by atoms with Crippen LogP contribution in [0.5, 0.6) is 0 Å². The smallest absolute Gasteiger partial charge is 0.314 e. The molecule has 1 aromatic carbocycles. The van der Waals surface area contributed by atoms with Crippen LogP contribution in [-0.2, 0) is 18.3 Å². The summed E-state index contributed by atoms with van der Waals surface area (Å²) < 4.78 is 4.99. The van der Waals surface area contributed by atoms with E-state index < -0.39 is 0 Å². The summed E-state index contributed by atoms with van der Waals surface area (Å²) >= 11 is 0. The van der Waals surface area contributed by atoms with E-state index in [-0.39, 0.29) is 11.4 Å². The number of benzene rings is 1. The highest BCUT2D eigenvalue weighted by Crippen LogP contribution is 2.22. The van der Waals surface area contributed by atoms with E-state index in [0.717, 1.165) is 17.9 Å². The molecule has 0 aliphatic rings. The zero-order valence-electron chi connectivity index (χ0n) is 15.0. The Hall–Kier alpha value is -2.30. The van der Waals surface area contributed by atoms with Crippen molar-refractivity contribution < 1.29 is 9.32 Å². The Morgan fingerprint density at radius 3 is 2.25 bits per heavy atom. The van der Waals surface area contributed by atoms with Gasteiger partial charge in [-0.3, -0.25) is 0 Å². The Bertz CT molecular complexity index is 654. The maximum atomic E-state index is 11.7. The van der Waals surface area contributed by atoms with E-state index in [2.05, 4.69) is 60.8 Å². The summed E-state index contributed by atoms with van der Waals surface area (Å²) in [5, 5.41) is 9.59. The van der Waals surface area contributed by atoms with Gasteiger partial charge in [0.05, 0.1) is 5.69 Å². The van der Waals surface area contributed by atoms with Gasteiger partial charge in [-0.2, -0.15) is 0 Å². The zero-order valence-corrected chi connectivity index (χ0v) is 15.0. The molecular formula is C19H27N3O2. The standard InChI is InChI=1S/C19H27N3O2/c1-14-13-17(22-24-14)10-12-21-18(23)20-11-9-15-5-7-16(8-6-15)19(2,3)4/h5-8,13H,9-12H2,1-4H3,(H2,20,21,23). The van der Waals surface area contributed by atoms with Crippen molar-refractivity contribution in [1.82, 2.24) is 15.8 Å². The highest BCUT2D eigenvalue weighted by Gasteiger charge is 2.12. The lowest BCUT2D eigenvalue weighted by molar-refractivity contribution is 0.241. The molecule has 1 aromatic heterocycles. The van der Waals surface area contributed by atoms with Crippen molar-refractivity contribution in [3.63, 3.8) is 0 Å². The number of hydrogen-bond acceptors (Lipinski definition) is 3. The minimum absolute atomic E-state index is 0.151. The van der Waals surface area contributed by atoms with Gasteiger partial charge in [0.1, 0.15) is 5.76 Å². The molecule has 2 aromatic rings. The molecule has 0 bridgehead atoms. The molecule has 0 saturated carbocycles. The minimum atomic E-state index is -0.151. The van der Waals surface area contributed by atoms with Gasteiger partial charge in [-0.15, -0.1) is 0 Å². The van der Waals surface area contributed by atoms with E-state index in [4.69, 9.17) is 4.52 Å². The van der Waals surface area contributed by atoms with Crippen LogP contribution in [0, 0.1) is 6.92 Å². The van der Waals surface area contributed by atoms with E-state index in [0.29, 0.717) is 19.5 Å². The van der Waals surface area contributed by atoms with E-state index in [1.54, 1.807) is 0 Å². The third-order valence-electron chi connectivity index (χ3n) is 3.86. The van der Waals surface area contributed by atoms with Crippen LogP contribution in [-0.4, -0.2) is 24.3 Å². The molecule has 0 radical (unpaired) electrons. The first kappa shape index (κ1) is 18.0. The molecular weight excluding hydrogens is 302 g/mol. The van der Waals surface area contributed by atoms with E-state index in [9.17, 15) is 4.79 Å². The number of nitrogens with one attached hydrogen (secondary N) is 2. The number of hydrogen-bond donors (Lipinski definition) is 2.